The molecule has 7 nitrogen and oxygen atoms in total. The Morgan fingerprint density at radius 3 is 2.53 bits per heavy atom. The number of ether oxygens (including phenoxy) is 1. The minimum absolute atomic E-state index is 0.0126. The van der Waals surface area contributed by atoms with Crippen LogP contribution in [0.3, 0.4) is 0 Å². The van der Waals surface area contributed by atoms with Crippen LogP contribution in [0.15, 0.2) is 24.3 Å². The summed E-state index contributed by atoms with van der Waals surface area (Å²) in [5.74, 6) is 1.32. The average Bonchev–Trinajstić information content (AvgIpc) is 2.73. The molecule has 4 N–H and O–H groups in total. The van der Waals surface area contributed by atoms with Crippen LogP contribution in [0.4, 0.5) is 0 Å². The summed E-state index contributed by atoms with van der Waals surface area (Å²) in [4.78, 5) is 35.8. The van der Waals surface area contributed by atoms with Gasteiger partial charge in [-0.2, -0.15) is 0 Å². The number of hydrogen-bond acceptors (Lipinski definition) is 5. The maximum absolute atomic E-state index is 12.0. The van der Waals surface area contributed by atoms with E-state index in [1.807, 2.05) is 0 Å². The summed E-state index contributed by atoms with van der Waals surface area (Å²) in [5.41, 5.74) is 6.88. The van der Waals surface area contributed by atoms with E-state index in [0.29, 0.717) is 32.2 Å². The molecule has 0 saturated carbocycles. The molecule has 2 unspecified atom stereocenters. The van der Waals surface area contributed by atoms with Crippen LogP contribution in [0.5, 0.6) is 0 Å². The van der Waals surface area contributed by atoms with E-state index in [2.05, 4.69) is 63.4 Å². The number of hydrogen-bond donors (Lipinski definition) is 3. The Labute approximate surface area is 192 Å². The monoisotopic (exact) mass is 527 g/mol. The Bertz CT molecular complexity index is 731. The maximum atomic E-state index is 12.0. The number of amides is 2. The first kappa shape index (κ1) is 25.9. The average molecular weight is 527 g/mol. The summed E-state index contributed by atoms with van der Waals surface area (Å²) in [6.07, 6.45) is 9.08. The molecular weight excluding hydrogens is 497 g/mol. The standard InChI is InChI=1S/C22H30IN3O4/c1-3-7-18(24)21(28)26-19(22(29)30-2)9-4-5-15-25-20(27)10-6-8-16-11-13-17(23)14-12-16/h1,11-14,18-19H,4-10,15,24H2,2H3,(H,25,27)(H,26,28). The second-order valence-electron chi connectivity index (χ2n) is 6.92. The van der Waals surface area contributed by atoms with Crippen LogP contribution in [0, 0.1) is 15.9 Å². The van der Waals surface area contributed by atoms with Crippen molar-refractivity contribution < 1.29 is 19.1 Å². The Hall–Kier alpha value is -2.12. The third-order valence-electron chi connectivity index (χ3n) is 4.50. The SMILES string of the molecule is C#CCC(N)C(=O)NC(CCCCNC(=O)CCCc1ccc(I)cc1)C(=O)OC. The van der Waals surface area contributed by atoms with E-state index in [1.165, 1.54) is 16.2 Å². The summed E-state index contributed by atoms with van der Waals surface area (Å²) in [7, 11) is 1.26. The first-order valence-electron chi connectivity index (χ1n) is 9.95. The lowest BCUT2D eigenvalue weighted by Gasteiger charge is -2.18. The van der Waals surface area contributed by atoms with E-state index in [4.69, 9.17) is 16.9 Å². The van der Waals surface area contributed by atoms with Gasteiger partial charge in [-0.25, -0.2) is 4.79 Å². The fraction of sp³-hybridized carbons (Fsp3) is 0.500. The number of nitrogens with one attached hydrogen (secondary N) is 2. The number of esters is 1. The van der Waals surface area contributed by atoms with Crippen molar-refractivity contribution >= 4 is 40.4 Å². The van der Waals surface area contributed by atoms with Crippen molar-refractivity contribution in [3.63, 3.8) is 0 Å². The molecule has 30 heavy (non-hydrogen) atoms. The highest BCUT2D eigenvalue weighted by molar-refractivity contribution is 14.1. The number of aryl methyl sites for hydroxylation is 1. The fourth-order valence-corrected chi connectivity index (χ4v) is 3.14. The van der Waals surface area contributed by atoms with Gasteiger partial charge in [-0.1, -0.05) is 12.1 Å². The van der Waals surface area contributed by atoms with Crippen LogP contribution in [-0.4, -0.2) is 43.5 Å². The Morgan fingerprint density at radius 1 is 1.20 bits per heavy atom. The number of unbranched alkanes of at least 4 members (excludes halogenated alkanes) is 1. The van der Waals surface area contributed by atoms with Crippen molar-refractivity contribution in [1.29, 1.82) is 0 Å². The maximum Gasteiger partial charge on any atom is 0.328 e. The quantitative estimate of drug-likeness (QED) is 0.157. The second kappa shape index (κ2) is 14.8. The molecule has 0 radical (unpaired) electrons. The van der Waals surface area contributed by atoms with Crippen molar-refractivity contribution in [1.82, 2.24) is 10.6 Å². The first-order valence-corrected chi connectivity index (χ1v) is 11.0. The van der Waals surface area contributed by atoms with E-state index < -0.39 is 24.0 Å². The van der Waals surface area contributed by atoms with Gasteiger partial charge in [0.2, 0.25) is 11.8 Å². The van der Waals surface area contributed by atoms with E-state index in [-0.39, 0.29) is 12.3 Å². The lowest BCUT2D eigenvalue weighted by atomic mass is 10.1. The molecule has 1 aromatic carbocycles. The molecule has 0 aliphatic heterocycles. The van der Waals surface area contributed by atoms with Gasteiger partial charge in [-0.15, -0.1) is 12.3 Å². The second-order valence-corrected chi connectivity index (χ2v) is 8.17. The summed E-state index contributed by atoms with van der Waals surface area (Å²) in [5, 5.41) is 5.46. The molecule has 0 aliphatic carbocycles. The van der Waals surface area contributed by atoms with Gasteiger partial charge < -0.3 is 21.1 Å². The largest absolute Gasteiger partial charge is 0.467 e. The van der Waals surface area contributed by atoms with Crippen LogP contribution in [-0.2, 0) is 25.5 Å². The lowest BCUT2D eigenvalue weighted by molar-refractivity contribution is -0.145. The van der Waals surface area contributed by atoms with Gasteiger partial charge in [0.1, 0.15) is 6.04 Å². The van der Waals surface area contributed by atoms with E-state index in [1.54, 1.807) is 0 Å². The zero-order valence-electron chi connectivity index (χ0n) is 17.3. The van der Waals surface area contributed by atoms with Gasteiger partial charge in [0.15, 0.2) is 0 Å². The van der Waals surface area contributed by atoms with Crippen LogP contribution >= 0.6 is 22.6 Å². The third-order valence-corrected chi connectivity index (χ3v) is 5.22. The van der Waals surface area contributed by atoms with Crippen LogP contribution in [0.25, 0.3) is 0 Å². The summed E-state index contributed by atoms with van der Waals surface area (Å²) in [6.45, 7) is 0.515. The highest BCUT2D eigenvalue weighted by Crippen LogP contribution is 2.09. The highest BCUT2D eigenvalue weighted by atomic mass is 127. The zero-order chi connectivity index (χ0) is 22.4. The predicted octanol–water partition coefficient (Wildman–Crippen LogP) is 1.91. The minimum atomic E-state index is -0.860. The topological polar surface area (TPSA) is 111 Å². The molecule has 2 amide bonds. The van der Waals surface area contributed by atoms with Crippen molar-refractivity contribution in [3.8, 4) is 12.3 Å². The summed E-state index contributed by atoms with van der Waals surface area (Å²) >= 11 is 2.26. The van der Waals surface area contributed by atoms with Crippen molar-refractivity contribution in [2.75, 3.05) is 13.7 Å². The molecule has 0 heterocycles. The molecule has 0 aliphatic rings. The molecule has 1 aromatic rings. The molecule has 8 heteroatoms. The van der Waals surface area contributed by atoms with Crippen LogP contribution in [0.2, 0.25) is 0 Å². The van der Waals surface area contributed by atoms with Crippen molar-refractivity contribution in [3.05, 3.63) is 33.4 Å². The lowest BCUT2D eigenvalue weighted by Crippen LogP contribution is -2.48. The highest BCUT2D eigenvalue weighted by Gasteiger charge is 2.23. The molecular formula is C22H30IN3O4. The Morgan fingerprint density at radius 2 is 1.90 bits per heavy atom. The number of methoxy groups -OCH3 is 1. The van der Waals surface area contributed by atoms with E-state index in [0.717, 1.165) is 12.8 Å². The van der Waals surface area contributed by atoms with Crippen molar-refractivity contribution in [2.45, 2.75) is 57.0 Å². The van der Waals surface area contributed by atoms with Gasteiger partial charge >= 0.3 is 5.97 Å². The zero-order valence-corrected chi connectivity index (χ0v) is 19.4. The van der Waals surface area contributed by atoms with Gasteiger partial charge in [-0.3, -0.25) is 9.59 Å². The van der Waals surface area contributed by atoms with E-state index in [9.17, 15) is 14.4 Å². The van der Waals surface area contributed by atoms with Gasteiger partial charge in [0.25, 0.3) is 0 Å². The minimum Gasteiger partial charge on any atom is -0.467 e. The molecule has 1 rings (SSSR count). The molecule has 0 spiro atoms. The number of halogens is 1. The van der Waals surface area contributed by atoms with Gasteiger partial charge in [0, 0.05) is 23.0 Å². The number of carbonyl (C=O) groups is 3. The van der Waals surface area contributed by atoms with Crippen molar-refractivity contribution in [2.24, 2.45) is 5.73 Å². The third kappa shape index (κ3) is 10.6. The summed E-state index contributed by atoms with van der Waals surface area (Å²) in [6, 6.07) is 6.63. The Balaban J connectivity index is 2.24. The van der Waals surface area contributed by atoms with E-state index >= 15 is 0 Å². The number of nitrogens with two attached hydrogens (primary N) is 1. The van der Waals surface area contributed by atoms with Crippen LogP contribution in [0.1, 0.15) is 44.1 Å². The molecule has 2 atom stereocenters. The number of carbonyl (C=O) groups excluding carboxylic acids is 3. The molecule has 0 bridgehead atoms. The number of terminal acetylenes is 1. The first-order chi connectivity index (χ1) is 14.4. The van der Waals surface area contributed by atoms with Crippen LogP contribution < -0.4 is 16.4 Å². The summed E-state index contributed by atoms with van der Waals surface area (Å²) < 4.78 is 5.92. The molecule has 0 aromatic heterocycles. The molecule has 0 saturated heterocycles. The normalized spacial score (nSPS) is 12.3. The molecule has 164 valence electrons. The number of rotatable bonds is 13. The fourth-order valence-electron chi connectivity index (χ4n) is 2.78. The smallest absolute Gasteiger partial charge is 0.328 e. The molecule has 0 fully saturated rings. The van der Waals surface area contributed by atoms with Gasteiger partial charge in [0.05, 0.1) is 13.2 Å². The predicted molar refractivity (Wildman–Crippen MR) is 124 cm³/mol. The van der Waals surface area contributed by atoms with Gasteiger partial charge in [-0.05, 0) is 72.4 Å². The number of benzene rings is 1. The Kier molecular flexibility index (Phi) is 12.8.